The Labute approximate surface area is 171 Å². The van der Waals surface area contributed by atoms with Crippen LogP contribution in [-0.4, -0.2) is 64.3 Å². The van der Waals surface area contributed by atoms with Gasteiger partial charge in [0.1, 0.15) is 5.69 Å². The third-order valence-corrected chi connectivity index (χ3v) is 5.77. The molecule has 2 fully saturated rings. The molecule has 2 aliphatic rings. The molecule has 1 aromatic heterocycles. The normalized spacial score (nSPS) is 19.9. The number of nitrogens with zero attached hydrogens (tertiary/aromatic N) is 5. The summed E-state index contributed by atoms with van der Waals surface area (Å²) < 4.78 is 0. The summed E-state index contributed by atoms with van der Waals surface area (Å²) in [6.07, 6.45) is 5.16. The Balaban J connectivity index is 1.60. The Hall–Kier alpha value is -2.96. The molecule has 4 rings (SSSR count). The number of piperazine rings is 1. The second-order valence-electron chi connectivity index (χ2n) is 7.68. The Kier molecular flexibility index (Phi) is 5.74. The van der Waals surface area contributed by atoms with Crippen molar-refractivity contribution in [1.82, 2.24) is 19.8 Å². The van der Waals surface area contributed by atoms with Gasteiger partial charge in [-0.3, -0.25) is 9.59 Å². The molecule has 2 aliphatic heterocycles. The molecule has 0 saturated carbocycles. The molecule has 2 amide bonds. The largest absolute Gasteiger partial charge is 0.341 e. The highest BCUT2D eigenvalue weighted by Gasteiger charge is 2.33. The minimum absolute atomic E-state index is 0.0347. The molecule has 2 aromatic rings. The number of hydrogen-bond donors (Lipinski definition) is 0. The first-order valence-electron chi connectivity index (χ1n) is 10.3. The summed E-state index contributed by atoms with van der Waals surface area (Å²) in [6.45, 7) is 4.96. The van der Waals surface area contributed by atoms with Gasteiger partial charge in [-0.25, -0.2) is 9.97 Å². The molecule has 0 radical (unpaired) electrons. The summed E-state index contributed by atoms with van der Waals surface area (Å²) in [5.41, 5.74) is 1.44. The molecule has 2 saturated heterocycles. The molecule has 1 atom stereocenters. The van der Waals surface area contributed by atoms with Crippen molar-refractivity contribution >= 4 is 17.8 Å². The zero-order chi connectivity index (χ0) is 20.2. The van der Waals surface area contributed by atoms with Crippen LogP contribution in [0.15, 0.2) is 42.6 Å². The summed E-state index contributed by atoms with van der Waals surface area (Å²) in [5.74, 6) is 0.560. The summed E-state index contributed by atoms with van der Waals surface area (Å²) in [7, 11) is 0. The van der Waals surface area contributed by atoms with E-state index in [1.54, 1.807) is 24.1 Å². The molecule has 152 valence electrons. The number of anilines is 1. The fourth-order valence-corrected chi connectivity index (χ4v) is 4.13. The summed E-state index contributed by atoms with van der Waals surface area (Å²) >= 11 is 0. The molecule has 0 unspecified atom stereocenters. The van der Waals surface area contributed by atoms with Crippen LogP contribution in [0.3, 0.4) is 0 Å². The van der Waals surface area contributed by atoms with Gasteiger partial charge in [0.2, 0.25) is 11.9 Å². The number of aromatic nitrogens is 2. The molecular weight excluding hydrogens is 366 g/mol. The van der Waals surface area contributed by atoms with Crippen molar-refractivity contribution in [3.8, 4) is 0 Å². The van der Waals surface area contributed by atoms with Crippen LogP contribution in [-0.2, 0) is 4.79 Å². The number of carbonyl (C=O) groups is 2. The van der Waals surface area contributed by atoms with E-state index in [4.69, 9.17) is 0 Å². The summed E-state index contributed by atoms with van der Waals surface area (Å²) in [4.78, 5) is 40.1. The lowest BCUT2D eigenvalue weighted by atomic mass is 10.0. The SMILES string of the molecule is CC(=O)N1CCN(C(=O)c2ccnc(N3CCCCC3)n2)[C@@H](c2ccccc2)C1. The van der Waals surface area contributed by atoms with E-state index in [0.717, 1.165) is 31.5 Å². The van der Waals surface area contributed by atoms with Crippen molar-refractivity contribution in [2.75, 3.05) is 37.6 Å². The molecule has 7 heteroatoms. The molecule has 0 N–H and O–H groups in total. The predicted molar refractivity (Wildman–Crippen MR) is 111 cm³/mol. The highest BCUT2D eigenvalue weighted by molar-refractivity contribution is 5.93. The fraction of sp³-hybridized carbons (Fsp3) is 0.455. The maximum absolute atomic E-state index is 13.4. The summed E-state index contributed by atoms with van der Waals surface area (Å²) in [5, 5.41) is 0. The molecule has 7 nitrogen and oxygen atoms in total. The lowest BCUT2D eigenvalue weighted by Crippen LogP contribution is -2.52. The van der Waals surface area contributed by atoms with Gasteiger partial charge in [0, 0.05) is 45.8 Å². The van der Waals surface area contributed by atoms with Crippen molar-refractivity contribution in [1.29, 1.82) is 0 Å². The first-order chi connectivity index (χ1) is 14.1. The molecule has 0 aliphatic carbocycles. The van der Waals surface area contributed by atoms with Gasteiger partial charge in [-0.2, -0.15) is 0 Å². The van der Waals surface area contributed by atoms with E-state index >= 15 is 0 Å². The number of benzene rings is 1. The predicted octanol–water partition coefficient (Wildman–Crippen LogP) is 2.51. The van der Waals surface area contributed by atoms with Crippen LogP contribution in [0, 0.1) is 0 Å². The first-order valence-corrected chi connectivity index (χ1v) is 10.3. The van der Waals surface area contributed by atoms with Gasteiger partial charge < -0.3 is 14.7 Å². The van der Waals surface area contributed by atoms with Crippen molar-refractivity contribution in [2.24, 2.45) is 0 Å². The number of piperidine rings is 1. The van der Waals surface area contributed by atoms with Crippen LogP contribution in [0.4, 0.5) is 5.95 Å². The molecule has 1 aromatic carbocycles. The van der Waals surface area contributed by atoms with Crippen LogP contribution in [0.2, 0.25) is 0 Å². The van der Waals surface area contributed by atoms with Gasteiger partial charge >= 0.3 is 0 Å². The third kappa shape index (κ3) is 4.23. The first kappa shape index (κ1) is 19.4. The Morgan fingerprint density at radius 1 is 0.966 bits per heavy atom. The van der Waals surface area contributed by atoms with E-state index in [0.29, 0.717) is 31.3 Å². The monoisotopic (exact) mass is 393 g/mol. The van der Waals surface area contributed by atoms with E-state index in [1.165, 1.54) is 6.42 Å². The Bertz CT molecular complexity index is 867. The van der Waals surface area contributed by atoms with E-state index in [1.807, 2.05) is 35.2 Å². The lowest BCUT2D eigenvalue weighted by molar-refractivity contribution is -0.131. The van der Waals surface area contributed by atoms with Gasteiger partial charge in [-0.05, 0) is 30.9 Å². The van der Waals surface area contributed by atoms with Crippen LogP contribution in [0.5, 0.6) is 0 Å². The number of carbonyl (C=O) groups excluding carboxylic acids is 2. The standard InChI is InChI=1S/C22H27N5O2/c1-17(28)26-14-15-27(20(16-26)18-8-4-2-5-9-18)21(29)19-10-11-23-22(24-19)25-12-6-3-7-13-25/h2,4-5,8-11,20H,3,6-7,12-16H2,1H3/t20-/m1/s1. The molecule has 0 spiro atoms. The second kappa shape index (κ2) is 8.59. The highest BCUT2D eigenvalue weighted by atomic mass is 16.2. The minimum atomic E-state index is -0.185. The van der Waals surface area contributed by atoms with Gasteiger partial charge in [0.05, 0.1) is 6.04 Å². The summed E-state index contributed by atoms with van der Waals surface area (Å²) in [6, 6.07) is 11.4. The average molecular weight is 393 g/mol. The zero-order valence-corrected chi connectivity index (χ0v) is 16.8. The maximum Gasteiger partial charge on any atom is 0.273 e. The van der Waals surface area contributed by atoms with Crippen LogP contribution < -0.4 is 4.90 Å². The number of rotatable bonds is 3. The number of amides is 2. The molecular formula is C22H27N5O2. The lowest BCUT2D eigenvalue weighted by Gasteiger charge is -2.41. The van der Waals surface area contributed by atoms with Crippen LogP contribution >= 0.6 is 0 Å². The number of hydrogen-bond acceptors (Lipinski definition) is 5. The zero-order valence-electron chi connectivity index (χ0n) is 16.8. The topological polar surface area (TPSA) is 69.6 Å². The van der Waals surface area contributed by atoms with Crippen LogP contribution in [0.25, 0.3) is 0 Å². The Morgan fingerprint density at radius 3 is 2.45 bits per heavy atom. The van der Waals surface area contributed by atoms with E-state index in [2.05, 4.69) is 14.9 Å². The van der Waals surface area contributed by atoms with Crippen molar-refractivity contribution < 1.29 is 9.59 Å². The van der Waals surface area contributed by atoms with E-state index < -0.39 is 0 Å². The van der Waals surface area contributed by atoms with Crippen molar-refractivity contribution in [3.05, 3.63) is 53.9 Å². The fourth-order valence-electron chi connectivity index (χ4n) is 4.13. The second-order valence-corrected chi connectivity index (χ2v) is 7.68. The molecule has 3 heterocycles. The molecule has 0 bridgehead atoms. The minimum Gasteiger partial charge on any atom is -0.341 e. The van der Waals surface area contributed by atoms with E-state index in [-0.39, 0.29) is 17.9 Å². The van der Waals surface area contributed by atoms with E-state index in [9.17, 15) is 9.59 Å². The van der Waals surface area contributed by atoms with Gasteiger partial charge in [-0.15, -0.1) is 0 Å². The third-order valence-electron chi connectivity index (χ3n) is 5.77. The average Bonchev–Trinajstić information content (AvgIpc) is 2.79. The maximum atomic E-state index is 13.4. The van der Waals surface area contributed by atoms with Gasteiger partial charge in [0.25, 0.3) is 5.91 Å². The smallest absolute Gasteiger partial charge is 0.273 e. The van der Waals surface area contributed by atoms with Crippen molar-refractivity contribution in [3.63, 3.8) is 0 Å². The Morgan fingerprint density at radius 2 is 1.72 bits per heavy atom. The van der Waals surface area contributed by atoms with Gasteiger partial charge in [-0.1, -0.05) is 30.3 Å². The highest BCUT2D eigenvalue weighted by Crippen LogP contribution is 2.27. The van der Waals surface area contributed by atoms with Crippen molar-refractivity contribution in [2.45, 2.75) is 32.2 Å². The quantitative estimate of drug-likeness (QED) is 0.801. The molecule has 29 heavy (non-hydrogen) atoms. The van der Waals surface area contributed by atoms with Gasteiger partial charge in [0.15, 0.2) is 0 Å². The van der Waals surface area contributed by atoms with Crippen LogP contribution in [0.1, 0.15) is 48.3 Å².